The van der Waals surface area contributed by atoms with Gasteiger partial charge in [-0.2, -0.15) is 0 Å². The number of nitrogens with one attached hydrogen (secondary N) is 1. The van der Waals surface area contributed by atoms with Crippen LogP contribution in [0.5, 0.6) is 0 Å². The van der Waals surface area contributed by atoms with Crippen molar-refractivity contribution in [1.29, 1.82) is 0 Å². The van der Waals surface area contributed by atoms with Crippen molar-refractivity contribution in [2.75, 3.05) is 5.32 Å². The molecule has 0 unspecified atom stereocenters. The number of hydrogen-bond acceptors (Lipinski definition) is 4. The monoisotopic (exact) mass is 209 g/mol. The van der Waals surface area contributed by atoms with E-state index in [2.05, 4.69) is 29.4 Å². The van der Waals surface area contributed by atoms with Gasteiger partial charge < -0.3 is 10.4 Å². The quantitative estimate of drug-likeness (QED) is 0.773. The van der Waals surface area contributed by atoms with E-state index in [1.165, 1.54) is 6.07 Å². The van der Waals surface area contributed by atoms with Gasteiger partial charge in [-0.3, -0.25) is 0 Å². The second kappa shape index (κ2) is 5.29. The number of carboxylic acid groups (broad SMARTS) is 1. The minimum absolute atomic E-state index is 0.0369. The Morgan fingerprint density at radius 2 is 2.07 bits per heavy atom. The maximum Gasteiger partial charge on any atom is 0.356 e. The van der Waals surface area contributed by atoms with Crippen LogP contribution in [-0.2, 0) is 0 Å². The van der Waals surface area contributed by atoms with Gasteiger partial charge in [-0.05, 0) is 25.0 Å². The Balaban J connectivity index is 2.67. The molecule has 2 N–H and O–H groups in total. The molecule has 0 amide bonds. The minimum Gasteiger partial charge on any atom is -0.476 e. The van der Waals surface area contributed by atoms with Gasteiger partial charge in [-0.25, -0.2) is 4.79 Å². The summed E-state index contributed by atoms with van der Waals surface area (Å²) in [5.74, 6) is -0.440. The van der Waals surface area contributed by atoms with Crippen molar-refractivity contribution >= 4 is 11.8 Å². The van der Waals surface area contributed by atoms with E-state index in [-0.39, 0.29) is 5.69 Å². The zero-order valence-electron chi connectivity index (χ0n) is 8.90. The van der Waals surface area contributed by atoms with Crippen LogP contribution in [-0.4, -0.2) is 27.3 Å². The predicted octanol–water partition coefficient (Wildman–Crippen LogP) is 1.78. The van der Waals surface area contributed by atoms with Crippen LogP contribution >= 0.6 is 0 Å². The second-order valence-electron chi connectivity index (χ2n) is 3.27. The fourth-order valence-electron chi connectivity index (χ4n) is 1.23. The highest BCUT2D eigenvalue weighted by Gasteiger charge is 2.07. The van der Waals surface area contributed by atoms with E-state index in [0.29, 0.717) is 11.9 Å². The second-order valence-corrected chi connectivity index (χ2v) is 3.27. The van der Waals surface area contributed by atoms with Crippen LogP contribution < -0.4 is 5.32 Å². The number of carboxylic acids is 1. The highest BCUT2D eigenvalue weighted by Crippen LogP contribution is 2.07. The lowest BCUT2D eigenvalue weighted by Gasteiger charge is -2.14. The van der Waals surface area contributed by atoms with E-state index in [4.69, 9.17) is 5.11 Å². The number of hydrogen-bond donors (Lipinski definition) is 2. The fourth-order valence-corrected chi connectivity index (χ4v) is 1.23. The molecular formula is C10H15N3O2. The van der Waals surface area contributed by atoms with E-state index >= 15 is 0 Å². The maximum absolute atomic E-state index is 10.5. The summed E-state index contributed by atoms with van der Waals surface area (Å²) in [7, 11) is 0. The third-order valence-electron chi connectivity index (χ3n) is 2.22. The number of nitrogens with zero attached hydrogens (tertiary/aromatic N) is 2. The van der Waals surface area contributed by atoms with Crippen LogP contribution in [0.25, 0.3) is 0 Å². The van der Waals surface area contributed by atoms with Gasteiger partial charge in [-0.15, -0.1) is 10.2 Å². The van der Waals surface area contributed by atoms with Crippen molar-refractivity contribution in [3.8, 4) is 0 Å². The Morgan fingerprint density at radius 3 is 2.47 bits per heavy atom. The van der Waals surface area contributed by atoms with Gasteiger partial charge in [-0.1, -0.05) is 13.8 Å². The molecule has 0 bridgehead atoms. The SMILES string of the molecule is CCC(CC)Nc1ccc(C(=O)O)nn1. The first-order valence-corrected chi connectivity index (χ1v) is 5.01. The van der Waals surface area contributed by atoms with Gasteiger partial charge in [0.15, 0.2) is 5.69 Å². The van der Waals surface area contributed by atoms with Crippen molar-refractivity contribution in [2.24, 2.45) is 0 Å². The molecular weight excluding hydrogens is 194 g/mol. The molecule has 15 heavy (non-hydrogen) atoms. The maximum atomic E-state index is 10.5. The lowest BCUT2D eigenvalue weighted by Crippen LogP contribution is -2.18. The average Bonchev–Trinajstić information content (AvgIpc) is 2.26. The number of rotatable bonds is 5. The normalized spacial score (nSPS) is 10.3. The van der Waals surface area contributed by atoms with Gasteiger partial charge in [0.25, 0.3) is 0 Å². The highest BCUT2D eigenvalue weighted by molar-refractivity contribution is 5.85. The van der Waals surface area contributed by atoms with Crippen molar-refractivity contribution < 1.29 is 9.90 Å². The summed E-state index contributed by atoms with van der Waals surface area (Å²) >= 11 is 0. The fraction of sp³-hybridized carbons (Fsp3) is 0.500. The molecule has 1 aromatic heterocycles. The summed E-state index contributed by atoms with van der Waals surface area (Å²) in [4.78, 5) is 10.5. The van der Waals surface area contributed by atoms with Crippen LogP contribution in [0.2, 0.25) is 0 Å². The number of anilines is 1. The summed E-state index contributed by atoms with van der Waals surface area (Å²) in [5, 5.41) is 19.2. The first-order chi connectivity index (χ1) is 7.17. The average molecular weight is 209 g/mol. The molecule has 0 aromatic carbocycles. The molecule has 0 saturated carbocycles. The molecule has 82 valence electrons. The standard InChI is InChI=1S/C10H15N3O2/c1-3-7(4-2)11-9-6-5-8(10(14)15)12-13-9/h5-7H,3-4H2,1-2H3,(H,11,13)(H,14,15). The lowest BCUT2D eigenvalue weighted by atomic mass is 10.2. The Morgan fingerprint density at radius 1 is 1.40 bits per heavy atom. The van der Waals surface area contributed by atoms with E-state index in [1.54, 1.807) is 6.07 Å². The first kappa shape index (κ1) is 11.4. The Hall–Kier alpha value is -1.65. The van der Waals surface area contributed by atoms with Crippen molar-refractivity contribution in [1.82, 2.24) is 10.2 Å². The van der Waals surface area contributed by atoms with Crippen molar-refractivity contribution in [3.05, 3.63) is 17.8 Å². The number of aromatic nitrogens is 2. The smallest absolute Gasteiger partial charge is 0.356 e. The molecule has 0 saturated heterocycles. The van der Waals surface area contributed by atoms with Crippen LogP contribution in [0.3, 0.4) is 0 Å². The summed E-state index contributed by atoms with van der Waals surface area (Å²) in [6, 6.07) is 3.43. The van der Waals surface area contributed by atoms with Crippen molar-refractivity contribution in [2.45, 2.75) is 32.7 Å². The van der Waals surface area contributed by atoms with Gasteiger partial charge in [0.1, 0.15) is 5.82 Å². The van der Waals surface area contributed by atoms with Gasteiger partial charge >= 0.3 is 5.97 Å². The Labute approximate surface area is 88.5 Å². The van der Waals surface area contributed by atoms with E-state index in [1.807, 2.05) is 0 Å². The predicted molar refractivity (Wildman–Crippen MR) is 57.0 cm³/mol. The molecule has 0 aliphatic rings. The number of carbonyl (C=O) groups is 1. The van der Waals surface area contributed by atoms with Crippen LogP contribution in [0.1, 0.15) is 37.2 Å². The third-order valence-corrected chi connectivity index (χ3v) is 2.22. The zero-order valence-corrected chi connectivity index (χ0v) is 8.90. The molecule has 0 radical (unpaired) electrons. The molecule has 5 nitrogen and oxygen atoms in total. The minimum atomic E-state index is -1.06. The molecule has 0 fully saturated rings. The molecule has 0 aliphatic heterocycles. The van der Waals surface area contributed by atoms with E-state index < -0.39 is 5.97 Å². The number of aromatic carboxylic acids is 1. The molecule has 1 aromatic rings. The lowest BCUT2D eigenvalue weighted by molar-refractivity contribution is 0.0689. The summed E-state index contributed by atoms with van der Waals surface area (Å²) in [5.41, 5.74) is -0.0369. The summed E-state index contributed by atoms with van der Waals surface area (Å²) in [6.07, 6.45) is 2.00. The first-order valence-electron chi connectivity index (χ1n) is 5.01. The van der Waals surface area contributed by atoms with E-state index in [0.717, 1.165) is 12.8 Å². The van der Waals surface area contributed by atoms with Crippen molar-refractivity contribution in [3.63, 3.8) is 0 Å². The summed E-state index contributed by atoms with van der Waals surface area (Å²) in [6.45, 7) is 4.17. The van der Waals surface area contributed by atoms with Gasteiger partial charge in [0.05, 0.1) is 0 Å². The highest BCUT2D eigenvalue weighted by atomic mass is 16.4. The van der Waals surface area contributed by atoms with Gasteiger partial charge in [0.2, 0.25) is 0 Å². The summed E-state index contributed by atoms with van der Waals surface area (Å²) < 4.78 is 0. The van der Waals surface area contributed by atoms with Crippen LogP contribution in [0.4, 0.5) is 5.82 Å². The molecule has 5 heteroatoms. The molecule has 0 aliphatic carbocycles. The molecule has 0 atom stereocenters. The van der Waals surface area contributed by atoms with E-state index in [9.17, 15) is 4.79 Å². The molecule has 1 rings (SSSR count). The molecule has 0 spiro atoms. The third kappa shape index (κ3) is 3.19. The largest absolute Gasteiger partial charge is 0.476 e. The Bertz CT molecular complexity index is 320. The topological polar surface area (TPSA) is 75.1 Å². The van der Waals surface area contributed by atoms with Gasteiger partial charge in [0, 0.05) is 6.04 Å². The van der Waals surface area contributed by atoms with Crippen LogP contribution in [0, 0.1) is 0 Å². The van der Waals surface area contributed by atoms with Crippen LogP contribution in [0.15, 0.2) is 12.1 Å². The molecule has 1 heterocycles. The zero-order chi connectivity index (χ0) is 11.3. The Kier molecular flexibility index (Phi) is 4.03.